The minimum Gasteiger partial charge on any atom is -0.356 e. The molecule has 0 aliphatic heterocycles. The van der Waals surface area contributed by atoms with Crippen LogP contribution in [-0.2, 0) is 6.54 Å². The fraction of sp³-hybridized carbons (Fsp3) is 0.150. The van der Waals surface area contributed by atoms with Crippen LogP contribution in [0.1, 0.15) is 27.6 Å². The zero-order valence-corrected chi connectivity index (χ0v) is 16.2. The fourth-order valence-corrected chi connectivity index (χ4v) is 3.27. The van der Waals surface area contributed by atoms with Gasteiger partial charge in [0.25, 0.3) is 5.91 Å². The second kappa shape index (κ2) is 7.69. The number of nitrogens with one attached hydrogen (secondary N) is 1. The lowest BCUT2D eigenvalue weighted by Crippen LogP contribution is -2.22. The summed E-state index contributed by atoms with van der Waals surface area (Å²) in [5.74, 6) is 1.13. The topological polar surface area (TPSA) is 93.8 Å². The third-order valence-corrected chi connectivity index (χ3v) is 4.73. The van der Waals surface area contributed by atoms with Crippen molar-refractivity contribution in [2.45, 2.75) is 20.4 Å². The summed E-state index contributed by atoms with van der Waals surface area (Å²) in [4.78, 5) is 24.9. The second-order valence-corrected chi connectivity index (χ2v) is 6.98. The van der Waals surface area contributed by atoms with Gasteiger partial charge in [-0.3, -0.25) is 4.79 Å². The molecule has 0 unspecified atom stereocenters. The van der Waals surface area contributed by atoms with E-state index in [9.17, 15) is 4.79 Å². The van der Waals surface area contributed by atoms with Gasteiger partial charge in [0.05, 0.1) is 22.5 Å². The number of hydrogen-bond donors (Lipinski definition) is 1. The smallest absolute Gasteiger partial charge is 0.271 e. The van der Waals surface area contributed by atoms with Gasteiger partial charge < -0.3 is 9.84 Å². The lowest BCUT2D eigenvalue weighted by atomic mass is 10.0. The Hall–Kier alpha value is -3.39. The van der Waals surface area contributed by atoms with Gasteiger partial charge in [-0.25, -0.2) is 15.0 Å². The van der Waals surface area contributed by atoms with Crippen LogP contribution >= 0.6 is 11.3 Å². The average Bonchev–Trinajstić information content (AvgIpc) is 3.38. The van der Waals surface area contributed by atoms with Gasteiger partial charge in [0, 0.05) is 29.8 Å². The first-order valence-electron chi connectivity index (χ1n) is 8.63. The van der Waals surface area contributed by atoms with Crippen LogP contribution in [-0.4, -0.2) is 26.0 Å². The first-order valence-corrected chi connectivity index (χ1v) is 9.57. The van der Waals surface area contributed by atoms with E-state index in [2.05, 4.69) is 25.4 Å². The quantitative estimate of drug-likeness (QED) is 0.556. The van der Waals surface area contributed by atoms with Crippen molar-refractivity contribution in [2.24, 2.45) is 0 Å². The predicted molar refractivity (Wildman–Crippen MR) is 106 cm³/mol. The number of aromatic nitrogens is 4. The van der Waals surface area contributed by atoms with Gasteiger partial charge in [0.15, 0.2) is 5.76 Å². The van der Waals surface area contributed by atoms with Crippen molar-refractivity contribution in [3.8, 4) is 22.6 Å². The Labute approximate surface area is 165 Å². The molecule has 0 aliphatic rings. The van der Waals surface area contributed by atoms with E-state index in [1.165, 1.54) is 11.3 Å². The molecule has 4 aromatic rings. The van der Waals surface area contributed by atoms with E-state index >= 15 is 0 Å². The van der Waals surface area contributed by atoms with Crippen LogP contribution in [0.25, 0.3) is 22.6 Å². The van der Waals surface area contributed by atoms with Gasteiger partial charge in [-0.2, -0.15) is 0 Å². The average molecular weight is 391 g/mol. The van der Waals surface area contributed by atoms with Crippen molar-refractivity contribution in [3.63, 3.8) is 0 Å². The minimum atomic E-state index is -0.181. The van der Waals surface area contributed by atoms with E-state index in [1.807, 2.05) is 44.2 Å². The molecule has 28 heavy (non-hydrogen) atoms. The van der Waals surface area contributed by atoms with Crippen molar-refractivity contribution in [3.05, 3.63) is 70.2 Å². The molecule has 0 spiro atoms. The molecule has 8 heteroatoms. The molecule has 0 aliphatic carbocycles. The summed E-state index contributed by atoms with van der Waals surface area (Å²) in [6.45, 7) is 4.14. The lowest BCUT2D eigenvalue weighted by Gasteiger charge is -2.09. The molecule has 0 saturated heterocycles. The second-order valence-electron chi connectivity index (χ2n) is 6.27. The zero-order chi connectivity index (χ0) is 19.5. The number of amides is 1. The number of aryl methyl sites for hydroxylation is 2. The molecule has 0 atom stereocenters. The van der Waals surface area contributed by atoms with Crippen LogP contribution in [0.15, 0.2) is 51.9 Å². The number of carbonyl (C=O) groups is 1. The van der Waals surface area contributed by atoms with Gasteiger partial charge in [0.1, 0.15) is 11.5 Å². The van der Waals surface area contributed by atoms with E-state index in [0.717, 1.165) is 28.1 Å². The molecule has 4 rings (SSSR count). The van der Waals surface area contributed by atoms with E-state index in [0.29, 0.717) is 23.8 Å². The summed E-state index contributed by atoms with van der Waals surface area (Å²) in [7, 11) is 0. The Balaban J connectivity index is 1.56. The van der Waals surface area contributed by atoms with E-state index in [4.69, 9.17) is 4.52 Å². The van der Waals surface area contributed by atoms with Crippen molar-refractivity contribution in [1.82, 2.24) is 25.4 Å². The normalized spacial score (nSPS) is 10.8. The van der Waals surface area contributed by atoms with Gasteiger partial charge in [-0.15, -0.1) is 11.3 Å². The predicted octanol–water partition coefficient (Wildman–Crippen LogP) is 3.80. The summed E-state index contributed by atoms with van der Waals surface area (Å²) in [6.07, 6.45) is 1.75. The molecule has 3 aromatic heterocycles. The summed E-state index contributed by atoms with van der Waals surface area (Å²) in [6, 6.07) is 9.73. The molecule has 0 fully saturated rings. The number of nitrogens with zero attached hydrogens (tertiary/aromatic N) is 4. The molecule has 1 amide bonds. The van der Waals surface area contributed by atoms with Crippen LogP contribution < -0.4 is 5.32 Å². The third kappa shape index (κ3) is 3.81. The number of carbonyl (C=O) groups excluding carboxylic acids is 1. The van der Waals surface area contributed by atoms with Crippen LogP contribution in [0.5, 0.6) is 0 Å². The highest BCUT2D eigenvalue weighted by atomic mass is 32.1. The van der Waals surface area contributed by atoms with Crippen molar-refractivity contribution < 1.29 is 9.32 Å². The summed E-state index contributed by atoms with van der Waals surface area (Å²) >= 11 is 1.40. The number of rotatable bonds is 5. The SMILES string of the molecule is Cc1cc(-c2cnc(C)nc2-c2ccc(CNC(=O)c3cscn3)cc2)on1. The molecule has 3 heterocycles. The molecule has 1 aromatic carbocycles. The Bertz CT molecular complexity index is 1100. The summed E-state index contributed by atoms with van der Waals surface area (Å²) in [5.41, 5.74) is 6.36. The van der Waals surface area contributed by atoms with Crippen molar-refractivity contribution in [2.75, 3.05) is 0 Å². The van der Waals surface area contributed by atoms with Gasteiger partial charge in [0.2, 0.25) is 0 Å². The Morgan fingerprint density at radius 2 is 2.00 bits per heavy atom. The standard InChI is InChI=1S/C20H17N5O2S/c1-12-7-18(27-25-12)16-9-21-13(2)24-19(16)15-5-3-14(4-6-15)8-22-20(26)17-10-28-11-23-17/h3-7,9-11H,8H2,1-2H3,(H,22,26). The summed E-state index contributed by atoms with van der Waals surface area (Å²) < 4.78 is 5.39. The van der Waals surface area contributed by atoms with E-state index in [1.54, 1.807) is 17.1 Å². The molecule has 140 valence electrons. The first kappa shape index (κ1) is 18.0. The fourth-order valence-electron chi connectivity index (χ4n) is 2.74. The third-order valence-electron chi connectivity index (χ3n) is 4.15. The maximum absolute atomic E-state index is 12.0. The maximum Gasteiger partial charge on any atom is 0.271 e. The highest BCUT2D eigenvalue weighted by molar-refractivity contribution is 7.07. The number of thiazole rings is 1. The minimum absolute atomic E-state index is 0.181. The molecule has 0 bridgehead atoms. The molecule has 7 nitrogen and oxygen atoms in total. The molecule has 0 radical (unpaired) electrons. The number of hydrogen-bond acceptors (Lipinski definition) is 7. The lowest BCUT2D eigenvalue weighted by molar-refractivity contribution is 0.0946. The molecular formula is C20H17N5O2S. The maximum atomic E-state index is 12.0. The Morgan fingerprint density at radius 3 is 2.68 bits per heavy atom. The first-order chi connectivity index (χ1) is 13.6. The van der Waals surface area contributed by atoms with Crippen molar-refractivity contribution in [1.29, 1.82) is 0 Å². The van der Waals surface area contributed by atoms with Crippen LogP contribution in [0.2, 0.25) is 0 Å². The Morgan fingerprint density at radius 1 is 1.18 bits per heavy atom. The monoisotopic (exact) mass is 391 g/mol. The van der Waals surface area contributed by atoms with Gasteiger partial charge in [-0.1, -0.05) is 29.4 Å². The molecule has 1 N–H and O–H groups in total. The van der Waals surface area contributed by atoms with Crippen LogP contribution in [0.3, 0.4) is 0 Å². The highest BCUT2D eigenvalue weighted by Gasteiger charge is 2.14. The van der Waals surface area contributed by atoms with Crippen molar-refractivity contribution >= 4 is 17.2 Å². The summed E-state index contributed by atoms with van der Waals surface area (Å²) in [5, 5.41) is 8.54. The van der Waals surface area contributed by atoms with Gasteiger partial charge >= 0.3 is 0 Å². The van der Waals surface area contributed by atoms with Crippen LogP contribution in [0, 0.1) is 13.8 Å². The largest absolute Gasteiger partial charge is 0.356 e. The zero-order valence-electron chi connectivity index (χ0n) is 15.3. The van der Waals surface area contributed by atoms with E-state index < -0.39 is 0 Å². The highest BCUT2D eigenvalue weighted by Crippen LogP contribution is 2.30. The van der Waals surface area contributed by atoms with E-state index in [-0.39, 0.29) is 5.91 Å². The van der Waals surface area contributed by atoms with Gasteiger partial charge in [-0.05, 0) is 19.4 Å². The van der Waals surface area contributed by atoms with Crippen LogP contribution in [0.4, 0.5) is 0 Å². The Kier molecular flexibility index (Phi) is 4.94. The number of benzene rings is 1. The molecule has 0 saturated carbocycles. The molecular weight excluding hydrogens is 374 g/mol.